The lowest BCUT2D eigenvalue weighted by atomic mass is 9.95. The number of hydrogen-bond donors (Lipinski definition) is 3. The van der Waals surface area contributed by atoms with Crippen LogP contribution in [-0.2, 0) is 9.59 Å². The fourth-order valence-corrected chi connectivity index (χ4v) is 2.39. The van der Waals surface area contributed by atoms with Crippen molar-refractivity contribution < 1.29 is 19.8 Å². The fraction of sp³-hybridized carbons (Fsp3) is 0.833. The van der Waals surface area contributed by atoms with Crippen LogP contribution in [0, 0.1) is 11.8 Å². The van der Waals surface area contributed by atoms with E-state index in [-0.39, 0.29) is 31.3 Å². The van der Waals surface area contributed by atoms with Crippen molar-refractivity contribution in [2.24, 2.45) is 17.6 Å². The Morgan fingerprint density at radius 3 is 2.50 bits per heavy atom. The molecule has 4 N–H and O–H groups in total. The Balaban J connectivity index is 2.77. The molecule has 18 heavy (non-hydrogen) atoms. The number of β-amino-alcohol motifs (C(OH)–C–C–N with tert-alkyl or cyclic N) is 1. The Labute approximate surface area is 107 Å². The highest BCUT2D eigenvalue weighted by Crippen LogP contribution is 2.23. The van der Waals surface area contributed by atoms with Gasteiger partial charge in [-0.25, -0.2) is 4.79 Å². The van der Waals surface area contributed by atoms with E-state index in [9.17, 15) is 14.7 Å². The van der Waals surface area contributed by atoms with Gasteiger partial charge in [-0.15, -0.1) is 0 Å². The molecule has 1 heterocycles. The van der Waals surface area contributed by atoms with Gasteiger partial charge in [-0.1, -0.05) is 13.8 Å². The predicted molar refractivity (Wildman–Crippen MR) is 65.8 cm³/mol. The van der Waals surface area contributed by atoms with Crippen LogP contribution in [0.5, 0.6) is 0 Å². The second-order valence-electron chi connectivity index (χ2n) is 5.30. The summed E-state index contributed by atoms with van der Waals surface area (Å²) in [5.74, 6) is -1.37. The summed E-state index contributed by atoms with van der Waals surface area (Å²) in [6.07, 6.45) is -0.0265. The average Bonchev–Trinajstić information content (AvgIpc) is 2.67. The minimum atomic E-state index is -1.07. The lowest BCUT2D eigenvalue weighted by molar-refractivity contribution is -0.150. The highest BCUT2D eigenvalue weighted by Gasteiger charge is 2.40. The minimum absolute atomic E-state index is 0.0877. The molecular weight excluding hydrogens is 236 g/mol. The van der Waals surface area contributed by atoms with Crippen molar-refractivity contribution in [1.29, 1.82) is 0 Å². The smallest absolute Gasteiger partial charge is 0.326 e. The van der Waals surface area contributed by atoms with E-state index in [1.54, 1.807) is 0 Å². The first-order valence-corrected chi connectivity index (χ1v) is 6.28. The fourth-order valence-electron chi connectivity index (χ4n) is 2.39. The summed E-state index contributed by atoms with van der Waals surface area (Å²) in [6.45, 7) is 4.27. The molecule has 0 aromatic heterocycles. The topological polar surface area (TPSA) is 104 Å². The molecule has 3 atom stereocenters. The van der Waals surface area contributed by atoms with Crippen LogP contribution in [0.2, 0.25) is 0 Å². The molecule has 1 rings (SSSR count). The first-order valence-electron chi connectivity index (χ1n) is 6.28. The van der Waals surface area contributed by atoms with E-state index in [0.717, 1.165) is 0 Å². The summed E-state index contributed by atoms with van der Waals surface area (Å²) >= 11 is 0. The van der Waals surface area contributed by atoms with E-state index < -0.39 is 18.1 Å². The van der Waals surface area contributed by atoms with Crippen LogP contribution in [0.25, 0.3) is 0 Å². The number of carboxylic acids is 1. The number of aliphatic hydroxyl groups excluding tert-OH is 1. The third-order valence-electron chi connectivity index (χ3n) is 3.24. The number of nitrogens with zero attached hydrogens (tertiary/aromatic N) is 1. The zero-order valence-corrected chi connectivity index (χ0v) is 10.9. The summed E-state index contributed by atoms with van der Waals surface area (Å²) in [6, 6.07) is -0.922. The summed E-state index contributed by atoms with van der Waals surface area (Å²) in [5.41, 5.74) is 5.59. The second kappa shape index (κ2) is 6.15. The number of amides is 1. The first kappa shape index (κ1) is 14.9. The quantitative estimate of drug-likeness (QED) is 0.625. The highest BCUT2D eigenvalue weighted by atomic mass is 16.4. The summed E-state index contributed by atoms with van der Waals surface area (Å²) in [7, 11) is 0. The van der Waals surface area contributed by atoms with Gasteiger partial charge in [-0.3, -0.25) is 4.79 Å². The van der Waals surface area contributed by atoms with Crippen LogP contribution in [0.1, 0.15) is 26.7 Å². The number of hydrogen-bond acceptors (Lipinski definition) is 4. The molecule has 1 saturated heterocycles. The number of nitrogens with two attached hydrogens (primary N) is 1. The molecule has 0 aliphatic carbocycles. The van der Waals surface area contributed by atoms with Gasteiger partial charge in [0.1, 0.15) is 6.04 Å². The molecule has 0 spiro atoms. The molecule has 1 amide bonds. The van der Waals surface area contributed by atoms with Gasteiger partial charge < -0.3 is 20.8 Å². The van der Waals surface area contributed by atoms with Crippen molar-refractivity contribution in [2.45, 2.75) is 38.8 Å². The molecule has 1 aliphatic heterocycles. The zero-order chi connectivity index (χ0) is 13.9. The lowest BCUT2D eigenvalue weighted by Crippen LogP contribution is -2.45. The van der Waals surface area contributed by atoms with E-state index >= 15 is 0 Å². The molecule has 104 valence electrons. The van der Waals surface area contributed by atoms with Gasteiger partial charge in [0.2, 0.25) is 5.91 Å². The maximum absolute atomic E-state index is 12.2. The molecular formula is C12H22N2O4. The Morgan fingerprint density at radius 2 is 2.06 bits per heavy atom. The number of carbonyl (C=O) groups excluding carboxylic acids is 1. The number of aliphatic hydroxyl groups is 1. The van der Waals surface area contributed by atoms with Crippen molar-refractivity contribution >= 4 is 11.9 Å². The van der Waals surface area contributed by atoms with Crippen molar-refractivity contribution in [3.8, 4) is 0 Å². The van der Waals surface area contributed by atoms with Crippen LogP contribution in [0.4, 0.5) is 0 Å². The van der Waals surface area contributed by atoms with Crippen molar-refractivity contribution in [2.75, 3.05) is 13.1 Å². The maximum atomic E-state index is 12.2. The number of carbonyl (C=O) groups is 2. The van der Waals surface area contributed by atoms with E-state index in [1.165, 1.54) is 4.90 Å². The minimum Gasteiger partial charge on any atom is -0.480 e. The van der Waals surface area contributed by atoms with Crippen molar-refractivity contribution in [3.05, 3.63) is 0 Å². The van der Waals surface area contributed by atoms with E-state index in [1.807, 2.05) is 13.8 Å². The summed E-state index contributed by atoms with van der Waals surface area (Å²) in [4.78, 5) is 24.6. The molecule has 3 unspecified atom stereocenters. The monoisotopic (exact) mass is 258 g/mol. The standard InChI is InChI=1S/C12H22N2O4/c1-7(2)3-8(5-13)11(16)14-6-9(15)4-10(14)12(17)18/h7-10,15H,3-6,13H2,1-2H3,(H,17,18). The Bertz CT molecular complexity index is 319. The summed E-state index contributed by atoms with van der Waals surface area (Å²) in [5, 5.41) is 18.6. The van der Waals surface area contributed by atoms with Gasteiger partial charge in [-0.05, 0) is 12.3 Å². The lowest BCUT2D eigenvalue weighted by Gasteiger charge is -2.26. The van der Waals surface area contributed by atoms with Crippen molar-refractivity contribution in [3.63, 3.8) is 0 Å². The van der Waals surface area contributed by atoms with Gasteiger partial charge in [0.25, 0.3) is 0 Å². The number of aliphatic carboxylic acids is 1. The van der Waals surface area contributed by atoms with Gasteiger partial charge in [-0.2, -0.15) is 0 Å². The number of carboxylic acid groups (broad SMARTS) is 1. The van der Waals surface area contributed by atoms with E-state index in [0.29, 0.717) is 12.3 Å². The van der Waals surface area contributed by atoms with Crippen LogP contribution in [-0.4, -0.2) is 52.2 Å². The average molecular weight is 258 g/mol. The van der Waals surface area contributed by atoms with Gasteiger partial charge in [0.15, 0.2) is 0 Å². The van der Waals surface area contributed by atoms with E-state index in [4.69, 9.17) is 10.8 Å². The third kappa shape index (κ3) is 3.43. The Hall–Kier alpha value is -1.14. The molecule has 0 bridgehead atoms. The Morgan fingerprint density at radius 1 is 1.44 bits per heavy atom. The zero-order valence-electron chi connectivity index (χ0n) is 10.9. The molecule has 0 saturated carbocycles. The largest absolute Gasteiger partial charge is 0.480 e. The van der Waals surface area contributed by atoms with Crippen LogP contribution in [0.15, 0.2) is 0 Å². The Kier molecular flexibility index (Phi) is 5.10. The molecule has 6 heteroatoms. The second-order valence-corrected chi connectivity index (χ2v) is 5.30. The highest BCUT2D eigenvalue weighted by molar-refractivity contribution is 5.86. The van der Waals surface area contributed by atoms with Crippen LogP contribution in [0.3, 0.4) is 0 Å². The third-order valence-corrected chi connectivity index (χ3v) is 3.24. The van der Waals surface area contributed by atoms with Crippen molar-refractivity contribution in [1.82, 2.24) is 4.90 Å². The SMILES string of the molecule is CC(C)CC(CN)C(=O)N1CC(O)CC1C(=O)O. The molecule has 0 radical (unpaired) electrons. The van der Waals surface area contributed by atoms with E-state index in [2.05, 4.69) is 0 Å². The normalized spacial score (nSPS) is 25.5. The first-order chi connectivity index (χ1) is 8.36. The van der Waals surface area contributed by atoms with Crippen LogP contribution >= 0.6 is 0 Å². The number of likely N-dealkylation sites (tertiary alicyclic amines) is 1. The maximum Gasteiger partial charge on any atom is 0.326 e. The number of rotatable bonds is 5. The molecule has 1 aliphatic rings. The van der Waals surface area contributed by atoms with Gasteiger partial charge in [0.05, 0.1) is 12.0 Å². The summed E-state index contributed by atoms with van der Waals surface area (Å²) < 4.78 is 0. The molecule has 0 aromatic carbocycles. The predicted octanol–water partition coefficient (Wildman–Crippen LogP) is -0.346. The molecule has 6 nitrogen and oxygen atoms in total. The van der Waals surface area contributed by atoms with Gasteiger partial charge in [0, 0.05) is 19.5 Å². The molecule has 0 aromatic rings. The molecule has 1 fully saturated rings. The van der Waals surface area contributed by atoms with Crippen LogP contribution < -0.4 is 5.73 Å². The van der Waals surface area contributed by atoms with Gasteiger partial charge >= 0.3 is 5.97 Å².